The van der Waals surface area contributed by atoms with Gasteiger partial charge in [0.1, 0.15) is 0 Å². The van der Waals surface area contributed by atoms with Crippen molar-refractivity contribution in [1.29, 1.82) is 0 Å². The molecule has 0 bridgehead atoms. The standard InChI is InChI=1S/C18H30N2O/c1-2-3-4-5-6-10-14-18(21)20-16-11-15-19-17-12-8-7-9-13-17/h7-9,12-13,19H,2-6,10-11,14-16H2,1H3,(H,20,21). The van der Waals surface area contributed by atoms with Gasteiger partial charge in [0.05, 0.1) is 0 Å². The Bertz CT molecular complexity index is 365. The van der Waals surface area contributed by atoms with Crippen LogP contribution in [0.3, 0.4) is 0 Å². The summed E-state index contributed by atoms with van der Waals surface area (Å²) < 4.78 is 0. The number of anilines is 1. The third kappa shape index (κ3) is 9.94. The van der Waals surface area contributed by atoms with E-state index in [9.17, 15) is 4.79 Å². The zero-order valence-corrected chi connectivity index (χ0v) is 13.4. The molecule has 0 aliphatic heterocycles. The second-order valence-corrected chi connectivity index (χ2v) is 5.51. The van der Waals surface area contributed by atoms with E-state index in [2.05, 4.69) is 29.7 Å². The molecule has 0 aliphatic carbocycles. The monoisotopic (exact) mass is 290 g/mol. The van der Waals surface area contributed by atoms with Crippen molar-refractivity contribution in [2.75, 3.05) is 18.4 Å². The van der Waals surface area contributed by atoms with Crippen LogP contribution in [0.1, 0.15) is 58.3 Å². The van der Waals surface area contributed by atoms with Gasteiger partial charge < -0.3 is 10.6 Å². The molecule has 0 heterocycles. The molecular weight excluding hydrogens is 260 g/mol. The van der Waals surface area contributed by atoms with Gasteiger partial charge in [0.2, 0.25) is 5.91 Å². The lowest BCUT2D eigenvalue weighted by atomic mass is 10.1. The lowest BCUT2D eigenvalue weighted by Gasteiger charge is -2.07. The van der Waals surface area contributed by atoms with Crippen LogP contribution < -0.4 is 10.6 Å². The Morgan fingerprint density at radius 1 is 0.905 bits per heavy atom. The number of amides is 1. The van der Waals surface area contributed by atoms with Gasteiger partial charge in [-0.3, -0.25) is 4.79 Å². The zero-order valence-electron chi connectivity index (χ0n) is 13.4. The van der Waals surface area contributed by atoms with E-state index in [0.717, 1.165) is 31.6 Å². The first kappa shape index (κ1) is 17.5. The number of para-hydroxylation sites is 1. The molecular formula is C18H30N2O. The highest BCUT2D eigenvalue weighted by Crippen LogP contribution is 2.07. The van der Waals surface area contributed by atoms with Gasteiger partial charge in [-0.05, 0) is 25.0 Å². The predicted molar refractivity (Wildman–Crippen MR) is 90.6 cm³/mol. The molecule has 0 aromatic heterocycles. The van der Waals surface area contributed by atoms with Gasteiger partial charge in [-0.1, -0.05) is 57.2 Å². The number of carbonyl (C=O) groups excluding carboxylic acids is 1. The first-order chi connectivity index (χ1) is 10.3. The van der Waals surface area contributed by atoms with E-state index in [1.165, 1.54) is 32.1 Å². The third-order valence-electron chi connectivity index (χ3n) is 3.54. The first-order valence-corrected chi connectivity index (χ1v) is 8.38. The summed E-state index contributed by atoms with van der Waals surface area (Å²) in [5, 5.41) is 6.33. The lowest BCUT2D eigenvalue weighted by Crippen LogP contribution is -2.25. The minimum absolute atomic E-state index is 0.199. The summed E-state index contributed by atoms with van der Waals surface area (Å²) in [6, 6.07) is 10.1. The fraction of sp³-hybridized carbons (Fsp3) is 0.611. The van der Waals surface area contributed by atoms with Crippen molar-refractivity contribution < 1.29 is 4.79 Å². The SMILES string of the molecule is CCCCCCCCC(=O)NCCCNc1ccccc1. The van der Waals surface area contributed by atoms with Gasteiger partial charge in [0, 0.05) is 25.2 Å². The van der Waals surface area contributed by atoms with Crippen LogP contribution >= 0.6 is 0 Å². The number of benzene rings is 1. The first-order valence-electron chi connectivity index (χ1n) is 8.38. The van der Waals surface area contributed by atoms with E-state index in [1.54, 1.807) is 0 Å². The van der Waals surface area contributed by atoms with Crippen LogP contribution in [0.15, 0.2) is 30.3 Å². The van der Waals surface area contributed by atoms with Crippen molar-refractivity contribution >= 4 is 11.6 Å². The normalized spacial score (nSPS) is 10.3. The van der Waals surface area contributed by atoms with Crippen molar-refractivity contribution in [3.05, 3.63) is 30.3 Å². The fourth-order valence-electron chi connectivity index (χ4n) is 2.26. The molecule has 0 saturated carbocycles. The summed E-state index contributed by atoms with van der Waals surface area (Å²) in [4.78, 5) is 11.6. The molecule has 0 saturated heterocycles. The molecule has 1 rings (SSSR count). The molecule has 1 aromatic rings. The van der Waals surface area contributed by atoms with Gasteiger partial charge in [-0.25, -0.2) is 0 Å². The summed E-state index contributed by atoms with van der Waals surface area (Å²) in [6.45, 7) is 3.87. The van der Waals surface area contributed by atoms with Crippen LogP contribution in [0.2, 0.25) is 0 Å². The zero-order chi connectivity index (χ0) is 15.2. The van der Waals surface area contributed by atoms with Gasteiger partial charge in [0.15, 0.2) is 0 Å². The maximum atomic E-state index is 11.6. The van der Waals surface area contributed by atoms with E-state index in [0.29, 0.717) is 6.42 Å². The summed E-state index contributed by atoms with van der Waals surface area (Å²) in [5.74, 6) is 0.199. The molecule has 118 valence electrons. The second kappa shape index (κ2) is 12.2. The number of hydrogen-bond acceptors (Lipinski definition) is 2. The van der Waals surface area contributed by atoms with Crippen molar-refractivity contribution in [3.8, 4) is 0 Å². The van der Waals surface area contributed by atoms with Crippen molar-refractivity contribution in [3.63, 3.8) is 0 Å². The molecule has 0 aliphatic rings. The fourth-order valence-corrected chi connectivity index (χ4v) is 2.26. The van der Waals surface area contributed by atoms with Crippen LogP contribution in [0.25, 0.3) is 0 Å². The minimum Gasteiger partial charge on any atom is -0.385 e. The average molecular weight is 290 g/mol. The van der Waals surface area contributed by atoms with Crippen LogP contribution in [0, 0.1) is 0 Å². The third-order valence-corrected chi connectivity index (χ3v) is 3.54. The van der Waals surface area contributed by atoms with E-state index < -0.39 is 0 Å². The second-order valence-electron chi connectivity index (χ2n) is 5.51. The molecule has 1 amide bonds. The Kier molecular flexibility index (Phi) is 10.2. The van der Waals surface area contributed by atoms with Gasteiger partial charge in [-0.2, -0.15) is 0 Å². The van der Waals surface area contributed by atoms with Crippen LogP contribution in [0.5, 0.6) is 0 Å². The van der Waals surface area contributed by atoms with Crippen LogP contribution in [0.4, 0.5) is 5.69 Å². The van der Waals surface area contributed by atoms with E-state index in [-0.39, 0.29) is 5.91 Å². The molecule has 2 N–H and O–H groups in total. The topological polar surface area (TPSA) is 41.1 Å². The van der Waals surface area contributed by atoms with Crippen molar-refractivity contribution in [2.24, 2.45) is 0 Å². The highest BCUT2D eigenvalue weighted by molar-refractivity contribution is 5.75. The Labute approximate surface area is 129 Å². The average Bonchev–Trinajstić information content (AvgIpc) is 2.51. The Morgan fingerprint density at radius 2 is 1.62 bits per heavy atom. The molecule has 0 spiro atoms. The highest BCUT2D eigenvalue weighted by Gasteiger charge is 2.00. The van der Waals surface area contributed by atoms with Crippen LogP contribution in [-0.4, -0.2) is 19.0 Å². The van der Waals surface area contributed by atoms with Crippen molar-refractivity contribution in [2.45, 2.75) is 58.3 Å². The summed E-state index contributed by atoms with van der Waals surface area (Å²) in [7, 11) is 0. The Hall–Kier alpha value is -1.51. The summed E-state index contributed by atoms with van der Waals surface area (Å²) in [5.41, 5.74) is 1.14. The van der Waals surface area contributed by atoms with E-state index >= 15 is 0 Å². The molecule has 0 fully saturated rings. The predicted octanol–water partition coefficient (Wildman–Crippen LogP) is 4.36. The molecule has 0 atom stereocenters. The number of nitrogens with one attached hydrogen (secondary N) is 2. The molecule has 0 radical (unpaired) electrons. The smallest absolute Gasteiger partial charge is 0.219 e. The molecule has 3 nitrogen and oxygen atoms in total. The van der Waals surface area contributed by atoms with Gasteiger partial charge >= 0.3 is 0 Å². The Morgan fingerprint density at radius 3 is 2.38 bits per heavy atom. The highest BCUT2D eigenvalue weighted by atomic mass is 16.1. The summed E-state index contributed by atoms with van der Waals surface area (Å²) in [6.07, 6.45) is 9.01. The maximum Gasteiger partial charge on any atom is 0.219 e. The Balaban J connectivity index is 1.89. The quantitative estimate of drug-likeness (QED) is 0.562. The number of hydrogen-bond donors (Lipinski definition) is 2. The van der Waals surface area contributed by atoms with E-state index in [1.807, 2.05) is 18.2 Å². The minimum atomic E-state index is 0.199. The van der Waals surface area contributed by atoms with Crippen LogP contribution in [-0.2, 0) is 4.79 Å². The number of unbranched alkanes of at least 4 members (excludes halogenated alkanes) is 5. The van der Waals surface area contributed by atoms with Crippen molar-refractivity contribution in [1.82, 2.24) is 5.32 Å². The largest absolute Gasteiger partial charge is 0.385 e. The molecule has 3 heteroatoms. The van der Waals surface area contributed by atoms with Gasteiger partial charge in [-0.15, -0.1) is 0 Å². The molecule has 1 aromatic carbocycles. The number of carbonyl (C=O) groups is 1. The maximum absolute atomic E-state index is 11.6. The molecule has 21 heavy (non-hydrogen) atoms. The van der Waals surface area contributed by atoms with E-state index in [4.69, 9.17) is 0 Å². The lowest BCUT2D eigenvalue weighted by molar-refractivity contribution is -0.121. The number of rotatable bonds is 12. The van der Waals surface area contributed by atoms with Gasteiger partial charge in [0.25, 0.3) is 0 Å². The molecule has 0 unspecified atom stereocenters. The summed E-state index contributed by atoms with van der Waals surface area (Å²) >= 11 is 0.